The number of methoxy groups -OCH3 is 1. The molecular weight excluding hydrogens is 447 g/mol. The van der Waals surface area contributed by atoms with Crippen LogP contribution in [0.15, 0.2) is 36.4 Å². The molecule has 0 aliphatic carbocycles. The Morgan fingerprint density at radius 3 is 2.67 bits per heavy atom. The Bertz CT molecular complexity index is 783. The van der Waals surface area contributed by atoms with Crippen molar-refractivity contribution in [2.75, 3.05) is 19.0 Å². The summed E-state index contributed by atoms with van der Waals surface area (Å²) in [5.74, 6) is -0.604. The first-order valence-corrected chi connectivity index (χ1v) is 8.22. The van der Waals surface area contributed by atoms with Crippen molar-refractivity contribution >= 4 is 51.7 Å². The molecule has 8 heteroatoms. The van der Waals surface area contributed by atoms with Gasteiger partial charge in [0, 0.05) is 14.8 Å². The number of anilines is 1. The van der Waals surface area contributed by atoms with Gasteiger partial charge in [0.05, 0.1) is 12.1 Å². The molecule has 2 aromatic rings. The average Bonchev–Trinajstić information content (AvgIpc) is 2.52. The molecular formula is C16H14ClIN2O4. The van der Waals surface area contributed by atoms with Gasteiger partial charge in [0.25, 0.3) is 11.8 Å². The van der Waals surface area contributed by atoms with E-state index in [2.05, 4.69) is 27.9 Å². The lowest BCUT2D eigenvalue weighted by Gasteiger charge is -2.13. The van der Waals surface area contributed by atoms with Crippen molar-refractivity contribution in [2.24, 2.45) is 5.73 Å². The van der Waals surface area contributed by atoms with E-state index in [1.807, 2.05) is 18.2 Å². The van der Waals surface area contributed by atoms with Crippen molar-refractivity contribution in [3.8, 4) is 11.5 Å². The number of nitrogens with one attached hydrogen (secondary N) is 1. The van der Waals surface area contributed by atoms with Crippen LogP contribution >= 0.6 is 34.2 Å². The largest absolute Gasteiger partial charge is 0.493 e. The Kier molecular flexibility index (Phi) is 6.27. The molecule has 0 heterocycles. The van der Waals surface area contributed by atoms with E-state index >= 15 is 0 Å². The number of hydrogen-bond donors (Lipinski definition) is 2. The second-order valence-electron chi connectivity index (χ2n) is 4.71. The maximum absolute atomic E-state index is 12.4. The standard InChI is InChI=1S/C16H14ClIN2O4/c1-23-13-6-9(5-12(17)15(13)24-8-14(19)21)16(22)20-11-4-2-3-10(18)7-11/h2-7H,8H2,1H3,(H2,19,21)(H,20,22). The molecule has 2 amide bonds. The van der Waals surface area contributed by atoms with Gasteiger partial charge in [-0.1, -0.05) is 17.7 Å². The van der Waals surface area contributed by atoms with Crippen molar-refractivity contribution in [2.45, 2.75) is 0 Å². The Morgan fingerprint density at radius 1 is 1.29 bits per heavy atom. The predicted octanol–water partition coefficient (Wildman–Crippen LogP) is 3.07. The number of carbonyl (C=O) groups is 2. The molecule has 126 valence electrons. The van der Waals surface area contributed by atoms with Crippen LogP contribution in [0, 0.1) is 3.57 Å². The lowest BCUT2D eigenvalue weighted by molar-refractivity contribution is -0.119. The zero-order valence-corrected chi connectivity index (χ0v) is 15.6. The summed E-state index contributed by atoms with van der Waals surface area (Å²) in [6, 6.07) is 10.3. The number of rotatable bonds is 6. The fourth-order valence-corrected chi connectivity index (χ4v) is 2.71. The third-order valence-electron chi connectivity index (χ3n) is 2.93. The van der Waals surface area contributed by atoms with E-state index in [1.54, 1.807) is 6.07 Å². The molecule has 24 heavy (non-hydrogen) atoms. The number of ether oxygens (including phenoxy) is 2. The average molecular weight is 461 g/mol. The van der Waals surface area contributed by atoms with Crippen LogP contribution in [0.5, 0.6) is 11.5 Å². The second-order valence-corrected chi connectivity index (χ2v) is 6.36. The minimum Gasteiger partial charge on any atom is -0.493 e. The maximum Gasteiger partial charge on any atom is 0.255 e. The van der Waals surface area contributed by atoms with Gasteiger partial charge in [0.15, 0.2) is 18.1 Å². The van der Waals surface area contributed by atoms with Gasteiger partial charge >= 0.3 is 0 Å². The van der Waals surface area contributed by atoms with Crippen molar-refractivity contribution in [3.05, 3.63) is 50.6 Å². The van der Waals surface area contributed by atoms with Crippen LogP contribution in [0.4, 0.5) is 5.69 Å². The van der Waals surface area contributed by atoms with Crippen molar-refractivity contribution in [1.29, 1.82) is 0 Å². The molecule has 3 N–H and O–H groups in total. The first-order chi connectivity index (χ1) is 11.4. The van der Waals surface area contributed by atoms with Crippen LogP contribution in [0.2, 0.25) is 5.02 Å². The molecule has 0 bridgehead atoms. The quantitative estimate of drug-likeness (QED) is 0.648. The Morgan fingerprint density at radius 2 is 2.04 bits per heavy atom. The van der Waals surface area contributed by atoms with Crippen molar-refractivity contribution in [1.82, 2.24) is 0 Å². The number of halogens is 2. The molecule has 2 rings (SSSR count). The van der Waals surface area contributed by atoms with Crippen molar-refractivity contribution < 1.29 is 19.1 Å². The molecule has 6 nitrogen and oxygen atoms in total. The smallest absolute Gasteiger partial charge is 0.255 e. The van der Waals surface area contributed by atoms with Gasteiger partial charge in [0.1, 0.15) is 0 Å². The lowest BCUT2D eigenvalue weighted by Crippen LogP contribution is -2.20. The monoisotopic (exact) mass is 460 g/mol. The predicted molar refractivity (Wildman–Crippen MR) is 99.8 cm³/mol. The van der Waals surface area contributed by atoms with E-state index in [4.69, 9.17) is 26.8 Å². The molecule has 0 aliphatic heterocycles. The molecule has 0 aliphatic rings. The highest BCUT2D eigenvalue weighted by atomic mass is 127. The molecule has 0 atom stereocenters. The fraction of sp³-hybridized carbons (Fsp3) is 0.125. The van der Waals surface area contributed by atoms with Gasteiger partial charge in [-0.25, -0.2) is 0 Å². The number of nitrogens with two attached hydrogens (primary N) is 1. The van der Waals surface area contributed by atoms with Crippen LogP contribution in [0.25, 0.3) is 0 Å². The summed E-state index contributed by atoms with van der Waals surface area (Å²) in [6.07, 6.45) is 0. The zero-order chi connectivity index (χ0) is 17.7. The number of carbonyl (C=O) groups excluding carboxylic acids is 2. The summed E-state index contributed by atoms with van der Waals surface area (Å²) >= 11 is 8.29. The van der Waals surface area contributed by atoms with Gasteiger partial charge in [-0.15, -0.1) is 0 Å². The first-order valence-electron chi connectivity index (χ1n) is 6.76. The van der Waals surface area contributed by atoms with Gasteiger partial charge in [0.2, 0.25) is 0 Å². The normalized spacial score (nSPS) is 10.1. The van der Waals surface area contributed by atoms with Crippen LogP contribution < -0.4 is 20.5 Å². The van der Waals surface area contributed by atoms with Gasteiger partial charge in [-0.05, 0) is 52.9 Å². The SMILES string of the molecule is COc1cc(C(=O)Nc2cccc(I)c2)cc(Cl)c1OCC(N)=O. The summed E-state index contributed by atoms with van der Waals surface area (Å²) in [7, 11) is 1.41. The number of primary amides is 1. The number of hydrogen-bond acceptors (Lipinski definition) is 4. The highest BCUT2D eigenvalue weighted by Gasteiger charge is 2.17. The molecule has 0 saturated carbocycles. The summed E-state index contributed by atoms with van der Waals surface area (Å²) in [5.41, 5.74) is 6.00. The second kappa shape index (κ2) is 8.20. The third-order valence-corrected chi connectivity index (χ3v) is 3.88. The molecule has 0 unspecified atom stereocenters. The number of amides is 2. The highest BCUT2D eigenvalue weighted by Crippen LogP contribution is 2.36. The van der Waals surface area contributed by atoms with Gasteiger partial charge in [-0.2, -0.15) is 0 Å². The Labute approximate surface area is 157 Å². The summed E-state index contributed by atoms with van der Waals surface area (Å²) in [6.45, 7) is -0.343. The van der Waals surface area contributed by atoms with Crippen LogP contribution in [-0.2, 0) is 4.79 Å². The minimum absolute atomic E-state index is 0.142. The Hall–Kier alpha value is -2.00. The maximum atomic E-state index is 12.4. The molecule has 0 fully saturated rings. The lowest BCUT2D eigenvalue weighted by atomic mass is 10.1. The molecule has 0 radical (unpaired) electrons. The van der Waals surface area contributed by atoms with Crippen LogP contribution in [0.3, 0.4) is 0 Å². The molecule has 0 aromatic heterocycles. The fourth-order valence-electron chi connectivity index (χ4n) is 1.90. The molecule has 2 aromatic carbocycles. The van der Waals surface area contributed by atoms with E-state index in [0.29, 0.717) is 11.3 Å². The van der Waals surface area contributed by atoms with E-state index in [1.165, 1.54) is 19.2 Å². The zero-order valence-electron chi connectivity index (χ0n) is 12.6. The summed E-state index contributed by atoms with van der Waals surface area (Å²) in [5, 5.41) is 2.92. The Balaban J connectivity index is 2.25. The van der Waals surface area contributed by atoms with Crippen molar-refractivity contribution in [3.63, 3.8) is 0 Å². The van der Waals surface area contributed by atoms with E-state index in [-0.39, 0.29) is 29.0 Å². The van der Waals surface area contributed by atoms with E-state index in [0.717, 1.165) is 3.57 Å². The topological polar surface area (TPSA) is 90.7 Å². The van der Waals surface area contributed by atoms with Crippen LogP contribution in [-0.4, -0.2) is 25.5 Å². The summed E-state index contributed by atoms with van der Waals surface area (Å²) < 4.78 is 11.4. The van der Waals surface area contributed by atoms with Crippen LogP contribution in [0.1, 0.15) is 10.4 Å². The number of benzene rings is 2. The third kappa shape index (κ3) is 4.75. The summed E-state index contributed by atoms with van der Waals surface area (Å²) in [4.78, 5) is 23.2. The minimum atomic E-state index is -0.645. The van der Waals surface area contributed by atoms with E-state index < -0.39 is 5.91 Å². The van der Waals surface area contributed by atoms with E-state index in [9.17, 15) is 9.59 Å². The van der Waals surface area contributed by atoms with Gasteiger partial charge in [-0.3, -0.25) is 9.59 Å². The van der Waals surface area contributed by atoms with Gasteiger partial charge < -0.3 is 20.5 Å². The molecule has 0 saturated heterocycles. The highest BCUT2D eigenvalue weighted by molar-refractivity contribution is 14.1. The first kappa shape index (κ1) is 18.3. The molecule has 0 spiro atoms.